The van der Waals surface area contributed by atoms with E-state index in [1.807, 2.05) is 51.1 Å². The summed E-state index contributed by atoms with van der Waals surface area (Å²) in [6, 6.07) is 12.1. The molecule has 1 aliphatic rings. The van der Waals surface area contributed by atoms with Gasteiger partial charge in [-0.2, -0.15) is 0 Å². The minimum absolute atomic E-state index is 0.121. The number of halogens is 1. The average Bonchev–Trinajstić information content (AvgIpc) is 3.02. The van der Waals surface area contributed by atoms with E-state index in [9.17, 15) is 14.7 Å². The number of likely N-dealkylation sites (tertiary alicyclic amines) is 1. The molecule has 0 saturated carbocycles. The zero-order valence-electron chi connectivity index (χ0n) is 18.2. The molecule has 3 rings (SSSR count). The van der Waals surface area contributed by atoms with Gasteiger partial charge < -0.3 is 14.7 Å². The van der Waals surface area contributed by atoms with Crippen LogP contribution in [0.3, 0.4) is 0 Å². The molecular weight excluding hydrogens is 458 g/mol. The number of nitrogens with zero attached hydrogens (tertiary/aromatic N) is 1. The summed E-state index contributed by atoms with van der Waals surface area (Å²) in [5.74, 6) is -0.703. The fraction of sp³-hybridized carbons (Fsp3) is 0.360. The van der Waals surface area contributed by atoms with Gasteiger partial charge in [0.25, 0.3) is 11.7 Å². The predicted molar refractivity (Wildman–Crippen MR) is 125 cm³/mol. The van der Waals surface area contributed by atoms with Crippen LogP contribution in [-0.2, 0) is 9.59 Å². The summed E-state index contributed by atoms with van der Waals surface area (Å²) in [7, 11) is 0. The second kappa shape index (κ2) is 10.1. The Labute approximate surface area is 191 Å². The Morgan fingerprint density at radius 3 is 2.58 bits per heavy atom. The third kappa shape index (κ3) is 4.85. The molecule has 0 spiro atoms. The van der Waals surface area contributed by atoms with Gasteiger partial charge in [-0.15, -0.1) is 0 Å². The molecule has 1 aliphatic heterocycles. The molecule has 6 heteroatoms. The lowest BCUT2D eigenvalue weighted by Crippen LogP contribution is -2.30. The lowest BCUT2D eigenvalue weighted by molar-refractivity contribution is -0.139. The fourth-order valence-corrected chi connectivity index (χ4v) is 3.97. The molecule has 164 valence electrons. The van der Waals surface area contributed by atoms with Crippen molar-refractivity contribution >= 4 is 33.4 Å². The number of hydrogen-bond acceptors (Lipinski definition) is 4. The van der Waals surface area contributed by atoms with Crippen LogP contribution in [0.15, 0.2) is 52.5 Å². The number of amides is 1. The summed E-state index contributed by atoms with van der Waals surface area (Å²) in [6.07, 6.45) is 2.54. The summed E-state index contributed by atoms with van der Waals surface area (Å²) < 4.78 is 6.67. The summed E-state index contributed by atoms with van der Waals surface area (Å²) in [4.78, 5) is 27.5. The van der Waals surface area contributed by atoms with Crippen LogP contribution in [0, 0.1) is 6.92 Å². The Morgan fingerprint density at radius 1 is 1.13 bits per heavy atom. The number of aliphatic hydroxyl groups excluding tert-OH is 1. The number of ether oxygens (including phenoxy) is 1. The van der Waals surface area contributed by atoms with E-state index in [0.29, 0.717) is 24.5 Å². The SMILES string of the molecule is CCCCN1C(=O)C(=O)/C(=C(\O)c2ccc(Br)c(C)c2)C1c1cccc(OCCC)c1. The molecule has 2 aromatic rings. The van der Waals surface area contributed by atoms with Crippen molar-refractivity contribution in [1.29, 1.82) is 0 Å². The molecule has 0 aliphatic carbocycles. The van der Waals surface area contributed by atoms with Crippen molar-refractivity contribution in [3.63, 3.8) is 0 Å². The van der Waals surface area contributed by atoms with Gasteiger partial charge in [-0.3, -0.25) is 9.59 Å². The Kier molecular flexibility index (Phi) is 7.55. The summed E-state index contributed by atoms with van der Waals surface area (Å²) >= 11 is 3.46. The largest absolute Gasteiger partial charge is 0.507 e. The molecule has 0 bridgehead atoms. The van der Waals surface area contributed by atoms with E-state index in [1.165, 1.54) is 0 Å². The van der Waals surface area contributed by atoms with Crippen LogP contribution in [0.2, 0.25) is 0 Å². The number of unbranched alkanes of at least 4 members (excludes halogenated alkanes) is 1. The Balaban J connectivity index is 2.14. The van der Waals surface area contributed by atoms with Crippen LogP contribution in [0.4, 0.5) is 0 Å². The molecule has 0 aromatic heterocycles. The highest BCUT2D eigenvalue weighted by atomic mass is 79.9. The Morgan fingerprint density at radius 2 is 1.90 bits per heavy atom. The Bertz CT molecular complexity index is 1010. The fourth-order valence-electron chi connectivity index (χ4n) is 3.73. The number of aryl methyl sites for hydroxylation is 1. The number of hydrogen-bond donors (Lipinski definition) is 1. The smallest absolute Gasteiger partial charge is 0.295 e. The van der Waals surface area contributed by atoms with Crippen LogP contribution < -0.4 is 4.74 Å². The average molecular weight is 486 g/mol. The van der Waals surface area contributed by atoms with Crippen LogP contribution in [0.5, 0.6) is 5.75 Å². The minimum atomic E-state index is -0.654. The molecule has 1 fully saturated rings. The van der Waals surface area contributed by atoms with Crippen LogP contribution >= 0.6 is 15.9 Å². The van der Waals surface area contributed by atoms with E-state index >= 15 is 0 Å². The Hall–Kier alpha value is -2.60. The van der Waals surface area contributed by atoms with Crippen molar-refractivity contribution in [1.82, 2.24) is 4.90 Å². The second-order valence-corrected chi connectivity index (χ2v) is 8.59. The molecule has 1 unspecified atom stereocenters. The van der Waals surface area contributed by atoms with E-state index in [4.69, 9.17) is 4.74 Å². The number of ketones is 1. The topological polar surface area (TPSA) is 66.8 Å². The van der Waals surface area contributed by atoms with Gasteiger partial charge in [-0.05, 0) is 55.2 Å². The number of carbonyl (C=O) groups is 2. The molecule has 31 heavy (non-hydrogen) atoms. The van der Waals surface area contributed by atoms with Crippen molar-refractivity contribution < 1.29 is 19.4 Å². The number of carbonyl (C=O) groups excluding carboxylic acids is 2. The van der Waals surface area contributed by atoms with E-state index in [2.05, 4.69) is 15.9 Å². The van der Waals surface area contributed by atoms with E-state index in [-0.39, 0.29) is 11.3 Å². The molecule has 0 radical (unpaired) electrons. The highest BCUT2D eigenvalue weighted by Crippen LogP contribution is 2.40. The quantitative estimate of drug-likeness (QED) is 0.292. The summed E-state index contributed by atoms with van der Waals surface area (Å²) in [5, 5.41) is 11.1. The van der Waals surface area contributed by atoms with Crippen LogP contribution in [0.1, 0.15) is 55.8 Å². The first-order valence-corrected chi connectivity index (χ1v) is 11.5. The third-order valence-corrected chi connectivity index (χ3v) is 6.26. The second-order valence-electron chi connectivity index (χ2n) is 7.73. The lowest BCUT2D eigenvalue weighted by Gasteiger charge is -2.25. The van der Waals surface area contributed by atoms with Crippen molar-refractivity contribution in [2.24, 2.45) is 0 Å². The standard InChI is InChI=1S/C25H28BrNO4/c1-4-6-12-27-22(17-8-7-9-19(15-17)31-13-5-2)21(24(29)25(27)30)23(28)18-10-11-20(26)16(3)14-18/h7-11,14-15,22,28H,4-6,12-13H2,1-3H3/b23-21-. The molecule has 5 nitrogen and oxygen atoms in total. The monoisotopic (exact) mass is 485 g/mol. The number of rotatable bonds is 8. The van der Waals surface area contributed by atoms with Gasteiger partial charge in [0.15, 0.2) is 0 Å². The molecule has 1 amide bonds. The van der Waals surface area contributed by atoms with E-state index in [0.717, 1.165) is 34.9 Å². The highest BCUT2D eigenvalue weighted by Gasteiger charge is 2.45. The predicted octanol–water partition coefficient (Wildman–Crippen LogP) is 5.77. The number of benzene rings is 2. The van der Waals surface area contributed by atoms with Crippen LogP contribution in [0.25, 0.3) is 5.76 Å². The van der Waals surface area contributed by atoms with Gasteiger partial charge in [0.1, 0.15) is 11.5 Å². The maximum atomic E-state index is 13.0. The highest BCUT2D eigenvalue weighted by molar-refractivity contribution is 9.10. The van der Waals surface area contributed by atoms with Gasteiger partial charge in [0, 0.05) is 16.6 Å². The lowest BCUT2D eigenvalue weighted by atomic mass is 9.94. The van der Waals surface area contributed by atoms with Gasteiger partial charge in [-0.1, -0.05) is 54.4 Å². The van der Waals surface area contributed by atoms with Gasteiger partial charge in [0.05, 0.1) is 18.2 Å². The zero-order chi connectivity index (χ0) is 22.5. The first-order chi connectivity index (χ1) is 14.9. The van der Waals surface area contributed by atoms with Crippen LogP contribution in [-0.4, -0.2) is 34.8 Å². The molecule has 1 heterocycles. The first-order valence-electron chi connectivity index (χ1n) is 10.7. The normalized spacial score (nSPS) is 17.9. The summed E-state index contributed by atoms with van der Waals surface area (Å²) in [5.41, 5.74) is 2.31. The number of aliphatic hydroxyl groups is 1. The van der Waals surface area contributed by atoms with E-state index in [1.54, 1.807) is 17.0 Å². The first kappa shape index (κ1) is 23.1. The molecular formula is C25H28BrNO4. The molecule has 1 atom stereocenters. The maximum absolute atomic E-state index is 13.0. The summed E-state index contributed by atoms with van der Waals surface area (Å²) in [6.45, 7) is 7.01. The molecule has 2 aromatic carbocycles. The third-order valence-electron chi connectivity index (χ3n) is 5.37. The minimum Gasteiger partial charge on any atom is -0.507 e. The van der Waals surface area contributed by atoms with Gasteiger partial charge in [0.2, 0.25) is 0 Å². The molecule has 1 N–H and O–H groups in total. The van der Waals surface area contributed by atoms with Crippen molar-refractivity contribution in [2.45, 2.75) is 46.1 Å². The molecule has 1 saturated heterocycles. The van der Waals surface area contributed by atoms with Crippen molar-refractivity contribution in [3.05, 3.63) is 69.2 Å². The van der Waals surface area contributed by atoms with Gasteiger partial charge >= 0.3 is 0 Å². The zero-order valence-corrected chi connectivity index (χ0v) is 19.7. The van der Waals surface area contributed by atoms with E-state index < -0.39 is 17.7 Å². The number of Topliss-reactive ketones (excluding diaryl/α,β-unsaturated/α-hetero) is 1. The van der Waals surface area contributed by atoms with Crippen molar-refractivity contribution in [3.8, 4) is 5.75 Å². The maximum Gasteiger partial charge on any atom is 0.295 e. The van der Waals surface area contributed by atoms with Gasteiger partial charge in [-0.25, -0.2) is 0 Å². The van der Waals surface area contributed by atoms with Crippen molar-refractivity contribution in [2.75, 3.05) is 13.2 Å².